The number of hydrogen-bond donors (Lipinski definition) is 2. The topological polar surface area (TPSA) is 58.6 Å². The second-order valence-electron chi connectivity index (χ2n) is 4.45. The van der Waals surface area contributed by atoms with Gasteiger partial charge >= 0.3 is 5.97 Å². The van der Waals surface area contributed by atoms with Crippen LogP contribution in [0, 0.1) is 5.92 Å². The molecule has 1 fully saturated rings. The molecule has 1 aliphatic rings. The zero-order valence-corrected chi connectivity index (χ0v) is 9.58. The molecule has 0 saturated heterocycles. The Morgan fingerprint density at radius 2 is 2.13 bits per heavy atom. The van der Waals surface area contributed by atoms with Crippen LogP contribution in [0.2, 0.25) is 0 Å². The van der Waals surface area contributed by atoms with Crippen molar-refractivity contribution in [2.75, 3.05) is 20.3 Å². The molecule has 1 rings (SSSR count). The summed E-state index contributed by atoms with van der Waals surface area (Å²) in [6.45, 7) is 2.56. The molecule has 1 aliphatic carbocycles. The predicted octanol–water partition coefficient (Wildman–Crippen LogP) is 0.690. The molecule has 0 amide bonds. The van der Waals surface area contributed by atoms with Crippen LogP contribution in [0.3, 0.4) is 0 Å². The minimum absolute atomic E-state index is 0.151. The van der Waals surface area contributed by atoms with Crippen molar-refractivity contribution in [1.29, 1.82) is 0 Å². The summed E-state index contributed by atoms with van der Waals surface area (Å²) in [6.07, 6.45) is 4.30. The van der Waals surface area contributed by atoms with Crippen molar-refractivity contribution in [3.63, 3.8) is 0 Å². The second kappa shape index (κ2) is 5.47. The highest BCUT2D eigenvalue weighted by atomic mass is 16.5. The molecule has 4 heteroatoms. The van der Waals surface area contributed by atoms with Crippen LogP contribution >= 0.6 is 0 Å². The molecule has 1 atom stereocenters. The van der Waals surface area contributed by atoms with Crippen molar-refractivity contribution < 1.29 is 14.6 Å². The Kier molecular flexibility index (Phi) is 4.54. The quantitative estimate of drug-likeness (QED) is 0.662. The van der Waals surface area contributed by atoms with Crippen LogP contribution in [0.1, 0.15) is 32.6 Å². The van der Waals surface area contributed by atoms with Crippen molar-refractivity contribution in [3.8, 4) is 0 Å². The summed E-state index contributed by atoms with van der Waals surface area (Å²) < 4.78 is 4.65. The van der Waals surface area contributed by atoms with Gasteiger partial charge in [-0.15, -0.1) is 0 Å². The van der Waals surface area contributed by atoms with Gasteiger partial charge in [0.15, 0.2) is 0 Å². The van der Waals surface area contributed by atoms with Gasteiger partial charge in [-0.2, -0.15) is 0 Å². The molecule has 0 aliphatic heterocycles. The molecule has 0 heterocycles. The van der Waals surface area contributed by atoms with Crippen molar-refractivity contribution >= 4 is 5.97 Å². The van der Waals surface area contributed by atoms with Crippen LogP contribution < -0.4 is 5.32 Å². The van der Waals surface area contributed by atoms with E-state index in [-0.39, 0.29) is 24.0 Å². The van der Waals surface area contributed by atoms with Crippen LogP contribution in [0.15, 0.2) is 0 Å². The second-order valence-corrected chi connectivity index (χ2v) is 4.45. The molecule has 15 heavy (non-hydrogen) atoms. The first-order chi connectivity index (χ1) is 7.13. The fourth-order valence-corrected chi connectivity index (χ4v) is 2.10. The van der Waals surface area contributed by atoms with E-state index in [2.05, 4.69) is 10.1 Å². The molecular formula is C11H21NO3. The van der Waals surface area contributed by atoms with Gasteiger partial charge in [-0.1, -0.05) is 19.8 Å². The third-order valence-electron chi connectivity index (χ3n) is 3.25. The maximum absolute atomic E-state index is 11.2. The number of hydrogen-bond acceptors (Lipinski definition) is 4. The summed E-state index contributed by atoms with van der Waals surface area (Å²) >= 11 is 0. The molecule has 1 unspecified atom stereocenters. The number of carbonyl (C=O) groups is 1. The average Bonchev–Trinajstić information content (AvgIpc) is 2.74. The molecule has 0 aromatic rings. The molecule has 0 bridgehead atoms. The van der Waals surface area contributed by atoms with Crippen LogP contribution in [0.4, 0.5) is 0 Å². The van der Waals surface area contributed by atoms with E-state index in [0.29, 0.717) is 6.54 Å². The van der Waals surface area contributed by atoms with Crippen LogP contribution in [-0.2, 0) is 9.53 Å². The normalized spacial score (nSPS) is 21.3. The minimum Gasteiger partial charge on any atom is -0.469 e. The van der Waals surface area contributed by atoms with E-state index in [9.17, 15) is 9.90 Å². The van der Waals surface area contributed by atoms with Crippen LogP contribution in [0.5, 0.6) is 0 Å². The highest BCUT2D eigenvalue weighted by Crippen LogP contribution is 2.29. The van der Waals surface area contributed by atoms with E-state index in [1.165, 1.54) is 7.11 Å². The van der Waals surface area contributed by atoms with Crippen molar-refractivity contribution in [1.82, 2.24) is 5.32 Å². The van der Waals surface area contributed by atoms with Gasteiger partial charge < -0.3 is 15.2 Å². The average molecular weight is 215 g/mol. The Morgan fingerprint density at radius 1 is 1.53 bits per heavy atom. The van der Waals surface area contributed by atoms with E-state index in [4.69, 9.17) is 0 Å². The highest BCUT2D eigenvalue weighted by molar-refractivity contribution is 5.72. The SMILES string of the molecule is COC(=O)C(C)CNC1(CO)CCCC1. The molecule has 0 aromatic heterocycles. The van der Waals surface area contributed by atoms with Gasteiger partial charge in [0, 0.05) is 12.1 Å². The monoisotopic (exact) mass is 215 g/mol. The molecule has 88 valence electrons. The Bertz CT molecular complexity index is 212. The van der Waals surface area contributed by atoms with Crippen molar-refractivity contribution in [2.45, 2.75) is 38.1 Å². The Morgan fingerprint density at radius 3 is 2.60 bits per heavy atom. The Hall–Kier alpha value is -0.610. The largest absolute Gasteiger partial charge is 0.469 e. The lowest BCUT2D eigenvalue weighted by atomic mass is 9.98. The van der Waals surface area contributed by atoms with Gasteiger partial charge in [-0.3, -0.25) is 4.79 Å². The zero-order valence-electron chi connectivity index (χ0n) is 9.58. The highest BCUT2D eigenvalue weighted by Gasteiger charge is 2.33. The third kappa shape index (κ3) is 3.18. The van der Waals surface area contributed by atoms with E-state index in [1.807, 2.05) is 6.92 Å². The summed E-state index contributed by atoms with van der Waals surface area (Å²) in [6, 6.07) is 0. The standard InChI is InChI=1S/C11H21NO3/c1-9(10(14)15-2)7-12-11(8-13)5-3-4-6-11/h9,12-13H,3-8H2,1-2H3. The lowest BCUT2D eigenvalue weighted by Crippen LogP contribution is -2.48. The molecule has 0 aromatic carbocycles. The third-order valence-corrected chi connectivity index (χ3v) is 3.25. The van der Waals surface area contributed by atoms with E-state index in [0.717, 1.165) is 25.7 Å². The molecule has 0 radical (unpaired) electrons. The summed E-state index contributed by atoms with van der Waals surface area (Å²) in [7, 11) is 1.40. The van der Waals surface area contributed by atoms with Gasteiger partial charge in [-0.05, 0) is 12.8 Å². The van der Waals surface area contributed by atoms with Crippen LogP contribution in [0.25, 0.3) is 0 Å². The number of ether oxygens (including phenoxy) is 1. The van der Waals surface area contributed by atoms with Gasteiger partial charge in [0.05, 0.1) is 19.6 Å². The van der Waals surface area contributed by atoms with Gasteiger partial charge in [0.1, 0.15) is 0 Å². The number of aliphatic hydroxyl groups excluding tert-OH is 1. The molecule has 0 spiro atoms. The maximum Gasteiger partial charge on any atom is 0.309 e. The van der Waals surface area contributed by atoms with E-state index < -0.39 is 0 Å². The zero-order chi connectivity index (χ0) is 11.3. The first kappa shape index (κ1) is 12.5. The van der Waals surface area contributed by atoms with Gasteiger partial charge in [-0.25, -0.2) is 0 Å². The summed E-state index contributed by atoms with van der Waals surface area (Å²) in [5.74, 6) is -0.354. The summed E-state index contributed by atoms with van der Waals surface area (Å²) in [5, 5.41) is 12.7. The fourth-order valence-electron chi connectivity index (χ4n) is 2.10. The number of aliphatic hydroxyl groups is 1. The Labute approximate surface area is 91.0 Å². The molecule has 1 saturated carbocycles. The molecule has 4 nitrogen and oxygen atoms in total. The summed E-state index contributed by atoms with van der Waals surface area (Å²) in [5.41, 5.74) is -0.151. The predicted molar refractivity (Wildman–Crippen MR) is 57.5 cm³/mol. The number of methoxy groups -OCH3 is 1. The van der Waals surface area contributed by atoms with E-state index >= 15 is 0 Å². The lowest BCUT2D eigenvalue weighted by molar-refractivity contribution is -0.144. The van der Waals surface area contributed by atoms with Crippen molar-refractivity contribution in [3.05, 3.63) is 0 Å². The minimum atomic E-state index is -0.200. The number of nitrogens with one attached hydrogen (secondary N) is 1. The number of carbonyl (C=O) groups excluding carboxylic acids is 1. The molecular weight excluding hydrogens is 194 g/mol. The van der Waals surface area contributed by atoms with Crippen LogP contribution in [-0.4, -0.2) is 36.9 Å². The number of rotatable bonds is 5. The van der Waals surface area contributed by atoms with Gasteiger partial charge in [0.2, 0.25) is 0 Å². The van der Waals surface area contributed by atoms with E-state index in [1.54, 1.807) is 0 Å². The summed E-state index contributed by atoms with van der Waals surface area (Å²) in [4.78, 5) is 11.2. The Balaban J connectivity index is 2.37. The number of esters is 1. The molecule has 2 N–H and O–H groups in total. The first-order valence-corrected chi connectivity index (χ1v) is 5.57. The fraction of sp³-hybridized carbons (Fsp3) is 0.909. The van der Waals surface area contributed by atoms with Crippen molar-refractivity contribution in [2.24, 2.45) is 5.92 Å². The first-order valence-electron chi connectivity index (χ1n) is 5.57. The smallest absolute Gasteiger partial charge is 0.309 e. The lowest BCUT2D eigenvalue weighted by Gasteiger charge is -2.29. The van der Waals surface area contributed by atoms with Gasteiger partial charge in [0.25, 0.3) is 0 Å². The maximum atomic E-state index is 11.2.